The van der Waals surface area contributed by atoms with Crippen LogP contribution in [-0.2, 0) is 14.8 Å². The van der Waals surface area contributed by atoms with E-state index in [-0.39, 0.29) is 10.8 Å². The van der Waals surface area contributed by atoms with Gasteiger partial charge in [0.05, 0.1) is 22.0 Å². The maximum absolute atomic E-state index is 12.8. The molecule has 4 rings (SSSR count). The molecule has 0 unspecified atom stereocenters. The van der Waals surface area contributed by atoms with Crippen molar-refractivity contribution in [3.8, 4) is 11.3 Å². The molecule has 158 valence electrons. The van der Waals surface area contributed by atoms with Gasteiger partial charge in [-0.05, 0) is 43.3 Å². The molecule has 3 aromatic rings. The van der Waals surface area contributed by atoms with E-state index in [0.29, 0.717) is 16.5 Å². The summed E-state index contributed by atoms with van der Waals surface area (Å²) < 4.78 is 23.6. The maximum atomic E-state index is 12.8. The lowest BCUT2D eigenvalue weighted by molar-refractivity contribution is -0.117. The van der Waals surface area contributed by atoms with Gasteiger partial charge in [-0.25, -0.2) is 18.5 Å². The number of aromatic nitrogens is 1. The minimum Gasteiger partial charge on any atom is -0.269 e. The number of carbonyl (C=O) groups excluding carboxylic acids is 1. The zero-order chi connectivity index (χ0) is 22.2. The Morgan fingerprint density at radius 1 is 1.13 bits per heavy atom. The summed E-state index contributed by atoms with van der Waals surface area (Å²) in [5.41, 5.74) is 2.54. The lowest BCUT2D eigenvalue weighted by Crippen LogP contribution is -2.29. The number of azo groups is 1. The number of hydrogen-bond donors (Lipinski definition) is 1. The van der Waals surface area contributed by atoms with Crippen LogP contribution in [0.3, 0.4) is 0 Å². The number of hydrogen-bond acceptors (Lipinski definition) is 8. The molecule has 0 saturated heterocycles. The van der Waals surface area contributed by atoms with Crippen molar-refractivity contribution in [2.75, 3.05) is 5.01 Å². The highest BCUT2D eigenvalue weighted by Crippen LogP contribution is 2.31. The van der Waals surface area contributed by atoms with Crippen molar-refractivity contribution in [3.63, 3.8) is 0 Å². The summed E-state index contributed by atoms with van der Waals surface area (Å²) in [7, 11) is -3.79. The number of hydrazone groups is 1. The third-order valence-corrected chi connectivity index (χ3v) is 6.64. The van der Waals surface area contributed by atoms with Crippen molar-refractivity contribution in [2.24, 2.45) is 20.5 Å². The highest BCUT2D eigenvalue weighted by atomic mass is 79.9. The van der Waals surface area contributed by atoms with Gasteiger partial charge in [0.2, 0.25) is 15.2 Å². The number of nitrogens with two attached hydrogens (primary N) is 1. The van der Waals surface area contributed by atoms with Crippen LogP contribution in [0.4, 0.5) is 10.8 Å². The lowest BCUT2D eigenvalue weighted by atomic mass is 10.2. The fourth-order valence-electron chi connectivity index (χ4n) is 2.77. The van der Waals surface area contributed by atoms with E-state index in [4.69, 9.17) is 5.14 Å². The van der Waals surface area contributed by atoms with Crippen molar-refractivity contribution in [1.29, 1.82) is 0 Å². The second-order valence-corrected chi connectivity index (χ2v) is 9.88. The summed E-state index contributed by atoms with van der Waals surface area (Å²) in [4.78, 5) is 17.3. The van der Waals surface area contributed by atoms with Gasteiger partial charge in [-0.15, -0.1) is 11.3 Å². The molecule has 2 N–H and O–H groups in total. The molecule has 0 bridgehead atoms. The molecule has 0 fully saturated rings. The van der Waals surface area contributed by atoms with Crippen molar-refractivity contribution in [3.05, 3.63) is 58.4 Å². The zero-order valence-electron chi connectivity index (χ0n) is 16.0. The van der Waals surface area contributed by atoms with E-state index in [1.54, 1.807) is 6.92 Å². The Morgan fingerprint density at radius 3 is 2.45 bits per heavy atom. The normalized spacial score (nSPS) is 16.9. The number of anilines is 1. The summed E-state index contributed by atoms with van der Waals surface area (Å²) in [5, 5.41) is 21.0. The van der Waals surface area contributed by atoms with Crippen molar-refractivity contribution in [2.45, 2.75) is 17.9 Å². The summed E-state index contributed by atoms with van der Waals surface area (Å²) in [6, 6.07) is 12.4. The molecule has 1 atom stereocenters. The third kappa shape index (κ3) is 4.61. The Hall–Kier alpha value is -2.80. The Balaban J connectivity index is 1.51. The summed E-state index contributed by atoms with van der Waals surface area (Å²) >= 11 is 4.71. The average molecular weight is 519 g/mol. The molecule has 0 saturated carbocycles. The zero-order valence-corrected chi connectivity index (χ0v) is 19.2. The van der Waals surface area contributed by atoms with E-state index in [1.165, 1.54) is 40.6 Å². The van der Waals surface area contributed by atoms with Crippen LogP contribution in [0.25, 0.3) is 11.3 Å². The van der Waals surface area contributed by atoms with Gasteiger partial charge in [-0.1, -0.05) is 28.1 Å². The van der Waals surface area contributed by atoms with E-state index in [2.05, 4.69) is 36.2 Å². The molecule has 1 aromatic heterocycles. The van der Waals surface area contributed by atoms with Crippen LogP contribution >= 0.6 is 27.3 Å². The highest BCUT2D eigenvalue weighted by molar-refractivity contribution is 9.10. The number of sulfonamides is 1. The molecule has 9 nitrogen and oxygen atoms in total. The molecular weight excluding hydrogens is 504 g/mol. The number of primary sulfonamides is 1. The van der Waals surface area contributed by atoms with Crippen LogP contribution in [0.15, 0.2) is 78.6 Å². The Bertz CT molecular complexity index is 1300. The topological polar surface area (TPSA) is 130 Å². The predicted molar refractivity (Wildman–Crippen MR) is 122 cm³/mol. The minimum absolute atomic E-state index is 0.0299. The molecule has 31 heavy (non-hydrogen) atoms. The number of carbonyl (C=O) groups is 1. The molecule has 12 heteroatoms. The van der Waals surface area contributed by atoms with Gasteiger partial charge < -0.3 is 0 Å². The summed E-state index contributed by atoms with van der Waals surface area (Å²) in [6.07, 6.45) is 0. The lowest BCUT2D eigenvalue weighted by Gasteiger charge is -2.08. The van der Waals surface area contributed by atoms with Crippen LogP contribution in [0.2, 0.25) is 0 Å². The number of rotatable bonds is 5. The average Bonchev–Trinajstić information content (AvgIpc) is 3.32. The fraction of sp³-hybridized carbons (Fsp3) is 0.105. The fourth-order valence-corrected chi connectivity index (χ4v) is 4.34. The molecule has 1 aliphatic heterocycles. The van der Waals surface area contributed by atoms with Crippen LogP contribution in [0, 0.1) is 0 Å². The predicted octanol–water partition coefficient (Wildman–Crippen LogP) is 4.10. The van der Waals surface area contributed by atoms with Gasteiger partial charge in [0.15, 0.2) is 6.04 Å². The first-order valence-corrected chi connectivity index (χ1v) is 12.1. The van der Waals surface area contributed by atoms with E-state index in [9.17, 15) is 13.2 Å². The second-order valence-electron chi connectivity index (χ2n) is 6.57. The van der Waals surface area contributed by atoms with E-state index in [0.717, 1.165) is 15.7 Å². The number of amides is 1. The first-order valence-electron chi connectivity index (χ1n) is 8.86. The highest BCUT2D eigenvalue weighted by Gasteiger charge is 2.36. The molecule has 1 amide bonds. The van der Waals surface area contributed by atoms with Crippen LogP contribution in [0.5, 0.6) is 0 Å². The Kier molecular flexibility index (Phi) is 5.79. The monoisotopic (exact) mass is 518 g/mol. The Morgan fingerprint density at radius 2 is 1.81 bits per heavy atom. The molecule has 2 heterocycles. The molecule has 1 aliphatic rings. The van der Waals surface area contributed by atoms with Crippen LogP contribution < -0.4 is 10.1 Å². The van der Waals surface area contributed by atoms with Gasteiger partial charge in [-0.2, -0.15) is 20.3 Å². The first-order chi connectivity index (χ1) is 14.7. The quantitative estimate of drug-likeness (QED) is 0.509. The van der Waals surface area contributed by atoms with Crippen LogP contribution in [-0.4, -0.2) is 31.1 Å². The van der Waals surface area contributed by atoms with Gasteiger partial charge >= 0.3 is 0 Å². The van der Waals surface area contributed by atoms with Gasteiger partial charge in [0.1, 0.15) is 0 Å². The molecule has 0 radical (unpaired) electrons. The number of thiazole rings is 1. The molecule has 0 aliphatic carbocycles. The van der Waals surface area contributed by atoms with Crippen molar-refractivity contribution < 1.29 is 13.2 Å². The summed E-state index contributed by atoms with van der Waals surface area (Å²) in [6.45, 7) is 1.69. The standard InChI is InChI=1S/C19H15BrN6O3S2/c1-11-17(24-23-14-6-8-15(9-7-14)31(21,28)29)18(27)26(25-11)19-22-16(10-30-19)12-2-4-13(20)5-3-12/h2-10,17H,1H3,(H2,21,28,29)/t17-/m0/s1. The van der Waals surface area contributed by atoms with Crippen LogP contribution in [0.1, 0.15) is 6.92 Å². The van der Waals surface area contributed by atoms with E-state index in [1.807, 2.05) is 29.6 Å². The molecular formula is C19H15BrN6O3S2. The summed E-state index contributed by atoms with van der Waals surface area (Å²) in [5.74, 6) is -0.362. The minimum atomic E-state index is -3.79. The van der Waals surface area contributed by atoms with E-state index < -0.39 is 16.1 Å². The number of benzene rings is 2. The van der Waals surface area contributed by atoms with Crippen molar-refractivity contribution in [1.82, 2.24) is 4.98 Å². The van der Waals surface area contributed by atoms with Gasteiger partial charge in [0, 0.05) is 15.4 Å². The second kappa shape index (κ2) is 8.38. The third-order valence-electron chi connectivity index (χ3n) is 4.36. The van der Waals surface area contributed by atoms with Gasteiger partial charge in [-0.3, -0.25) is 4.79 Å². The van der Waals surface area contributed by atoms with E-state index >= 15 is 0 Å². The molecule has 2 aromatic carbocycles. The maximum Gasteiger partial charge on any atom is 0.282 e. The SMILES string of the molecule is CC1=NN(c2nc(-c3ccc(Br)cc3)cs2)C(=O)[C@H]1N=Nc1ccc(S(N)(=O)=O)cc1. The van der Waals surface area contributed by atoms with Gasteiger partial charge in [0.25, 0.3) is 5.91 Å². The Labute approximate surface area is 190 Å². The largest absolute Gasteiger partial charge is 0.282 e. The molecule has 0 spiro atoms. The first kappa shape index (κ1) is 21.4. The van der Waals surface area contributed by atoms with Crippen molar-refractivity contribution >= 4 is 59.7 Å². The number of nitrogens with zero attached hydrogens (tertiary/aromatic N) is 5. The smallest absolute Gasteiger partial charge is 0.269 e. The number of halogens is 1.